The highest BCUT2D eigenvalue weighted by Gasteiger charge is 2.39. The van der Waals surface area contributed by atoms with E-state index in [4.69, 9.17) is 0 Å². The van der Waals surface area contributed by atoms with Gasteiger partial charge >= 0.3 is 5.97 Å². The molecule has 1 N–H and O–H groups in total. The van der Waals surface area contributed by atoms with Crippen molar-refractivity contribution in [1.82, 2.24) is 4.90 Å². The van der Waals surface area contributed by atoms with Gasteiger partial charge in [-0.2, -0.15) is 0 Å². The molecule has 0 aromatic heterocycles. The second-order valence-electron chi connectivity index (χ2n) is 6.52. The van der Waals surface area contributed by atoms with Gasteiger partial charge in [0.25, 0.3) is 0 Å². The SMILES string of the molecule is CCC1CCCCC1N1Cc2ccccc2CC1C(=O)O. The molecule has 1 aromatic carbocycles. The maximum absolute atomic E-state index is 11.8. The van der Waals surface area contributed by atoms with E-state index in [2.05, 4.69) is 30.0 Å². The fourth-order valence-corrected chi connectivity index (χ4v) is 4.22. The third-order valence-electron chi connectivity index (χ3n) is 5.39. The molecule has 0 saturated heterocycles. The number of fused-ring (bicyclic) bond motifs is 1. The van der Waals surface area contributed by atoms with E-state index in [1.54, 1.807) is 0 Å². The zero-order chi connectivity index (χ0) is 14.8. The average Bonchev–Trinajstić information content (AvgIpc) is 2.53. The third kappa shape index (κ3) is 2.84. The molecule has 3 nitrogen and oxygen atoms in total. The summed E-state index contributed by atoms with van der Waals surface area (Å²) in [5.74, 6) is -0.00390. The molecule has 1 aliphatic carbocycles. The summed E-state index contributed by atoms with van der Waals surface area (Å²) >= 11 is 0. The third-order valence-corrected chi connectivity index (χ3v) is 5.39. The van der Waals surface area contributed by atoms with Gasteiger partial charge in [-0.1, -0.05) is 50.5 Å². The molecule has 3 atom stereocenters. The minimum atomic E-state index is -0.662. The molecule has 1 aliphatic heterocycles. The summed E-state index contributed by atoms with van der Waals surface area (Å²) < 4.78 is 0. The van der Waals surface area contributed by atoms with Crippen molar-refractivity contribution in [1.29, 1.82) is 0 Å². The first-order valence-electron chi connectivity index (χ1n) is 8.26. The van der Waals surface area contributed by atoms with E-state index in [0.29, 0.717) is 18.4 Å². The second-order valence-corrected chi connectivity index (χ2v) is 6.52. The van der Waals surface area contributed by atoms with Gasteiger partial charge in [-0.3, -0.25) is 9.69 Å². The van der Waals surface area contributed by atoms with Crippen LogP contribution < -0.4 is 0 Å². The predicted octanol–water partition coefficient (Wildman–Crippen LogP) is 3.47. The van der Waals surface area contributed by atoms with Crippen LogP contribution in [0.25, 0.3) is 0 Å². The van der Waals surface area contributed by atoms with Crippen molar-refractivity contribution in [2.75, 3.05) is 0 Å². The molecule has 0 radical (unpaired) electrons. The zero-order valence-corrected chi connectivity index (χ0v) is 12.8. The molecule has 2 aliphatic rings. The number of hydrogen-bond acceptors (Lipinski definition) is 2. The Morgan fingerprint density at radius 1 is 1.24 bits per heavy atom. The van der Waals surface area contributed by atoms with E-state index < -0.39 is 5.97 Å². The van der Waals surface area contributed by atoms with E-state index in [1.807, 2.05) is 6.07 Å². The van der Waals surface area contributed by atoms with Crippen molar-refractivity contribution < 1.29 is 9.90 Å². The highest BCUT2D eigenvalue weighted by molar-refractivity contribution is 5.74. The van der Waals surface area contributed by atoms with E-state index in [-0.39, 0.29) is 6.04 Å². The Labute approximate surface area is 127 Å². The molecule has 3 heteroatoms. The Morgan fingerprint density at radius 3 is 2.67 bits per heavy atom. The summed E-state index contributed by atoms with van der Waals surface area (Å²) in [6.45, 7) is 3.05. The topological polar surface area (TPSA) is 40.5 Å². The number of carboxylic acids is 1. The standard InChI is InChI=1S/C18H25NO2/c1-2-13-7-5-6-10-16(13)19-12-15-9-4-3-8-14(15)11-17(19)18(20)21/h3-4,8-9,13,16-17H,2,5-7,10-12H2,1H3,(H,20,21). The number of aliphatic carboxylic acids is 1. The van der Waals surface area contributed by atoms with Crippen molar-refractivity contribution in [2.45, 2.75) is 64.1 Å². The van der Waals surface area contributed by atoms with Crippen molar-refractivity contribution in [2.24, 2.45) is 5.92 Å². The quantitative estimate of drug-likeness (QED) is 0.925. The monoisotopic (exact) mass is 287 g/mol. The zero-order valence-electron chi connectivity index (χ0n) is 12.8. The molecule has 0 amide bonds. The maximum Gasteiger partial charge on any atom is 0.321 e. The van der Waals surface area contributed by atoms with Crippen molar-refractivity contribution >= 4 is 5.97 Å². The predicted molar refractivity (Wildman–Crippen MR) is 83.1 cm³/mol. The van der Waals surface area contributed by atoms with Crippen LogP contribution in [0.1, 0.15) is 50.2 Å². The van der Waals surface area contributed by atoms with Gasteiger partial charge < -0.3 is 5.11 Å². The molecule has 1 fully saturated rings. The van der Waals surface area contributed by atoms with Gasteiger partial charge in [-0.25, -0.2) is 0 Å². The first-order chi connectivity index (χ1) is 10.2. The Balaban J connectivity index is 1.89. The lowest BCUT2D eigenvalue weighted by molar-refractivity contribution is -0.146. The lowest BCUT2D eigenvalue weighted by atomic mass is 9.79. The Hall–Kier alpha value is -1.35. The first kappa shape index (κ1) is 14.6. The smallest absolute Gasteiger partial charge is 0.321 e. The Morgan fingerprint density at radius 2 is 1.95 bits per heavy atom. The number of nitrogens with zero attached hydrogens (tertiary/aromatic N) is 1. The van der Waals surface area contributed by atoms with Crippen LogP contribution in [0.15, 0.2) is 24.3 Å². The van der Waals surface area contributed by atoms with Gasteiger partial charge in [0.2, 0.25) is 0 Å². The van der Waals surface area contributed by atoms with E-state index in [1.165, 1.54) is 30.4 Å². The van der Waals surface area contributed by atoms with Crippen molar-refractivity contribution in [3.05, 3.63) is 35.4 Å². The summed E-state index contributed by atoms with van der Waals surface area (Å²) in [6.07, 6.45) is 6.77. The molecule has 1 aromatic rings. The summed E-state index contributed by atoms with van der Waals surface area (Å²) in [4.78, 5) is 14.1. The first-order valence-corrected chi connectivity index (χ1v) is 8.26. The summed E-state index contributed by atoms with van der Waals surface area (Å²) in [5.41, 5.74) is 2.53. The van der Waals surface area contributed by atoms with E-state index in [0.717, 1.165) is 19.4 Å². The second kappa shape index (κ2) is 6.18. The number of benzene rings is 1. The normalized spacial score (nSPS) is 29.9. The van der Waals surface area contributed by atoms with Crippen LogP contribution in [0.2, 0.25) is 0 Å². The van der Waals surface area contributed by atoms with Gasteiger partial charge in [0.15, 0.2) is 0 Å². The molecule has 0 bridgehead atoms. The molecular weight excluding hydrogens is 262 g/mol. The fraction of sp³-hybridized carbons (Fsp3) is 0.611. The molecular formula is C18H25NO2. The van der Waals surface area contributed by atoms with Gasteiger partial charge in [0, 0.05) is 12.6 Å². The lowest BCUT2D eigenvalue weighted by Gasteiger charge is -2.45. The average molecular weight is 287 g/mol. The molecule has 3 unspecified atom stereocenters. The highest BCUT2D eigenvalue weighted by atomic mass is 16.4. The van der Waals surface area contributed by atoms with Gasteiger partial charge in [-0.05, 0) is 36.3 Å². The number of hydrogen-bond donors (Lipinski definition) is 1. The Bertz CT molecular complexity index is 514. The molecule has 1 heterocycles. The van der Waals surface area contributed by atoms with E-state index in [9.17, 15) is 9.90 Å². The van der Waals surface area contributed by atoms with Crippen LogP contribution >= 0.6 is 0 Å². The van der Waals surface area contributed by atoms with Crippen LogP contribution in [0, 0.1) is 5.92 Å². The van der Waals surface area contributed by atoms with Crippen molar-refractivity contribution in [3.63, 3.8) is 0 Å². The van der Waals surface area contributed by atoms with Crippen LogP contribution in [0.3, 0.4) is 0 Å². The Kier molecular flexibility index (Phi) is 4.29. The summed E-state index contributed by atoms with van der Waals surface area (Å²) in [6, 6.07) is 8.42. The van der Waals surface area contributed by atoms with Gasteiger partial charge in [0.05, 0.1) is 0 Å². The minimum Gasteiger partial charge on any atom is -0.480 e. The van der Waals surface area contributed by atoms with Crippen molar-refractivity contribution in [3.8, 4) is 0 Å². The molecule has 114 valence electrons. The molecule has 3 rings (SSSR count). The molecule has 0 spiro atoms. The van der Waals surface area contributed by atoms with E-state index >= 15 is 0 Å². The highest BCUT2D eigenvalue weighted by Crippen LogP contribution is 2.35. The van der Waals surface area contributed by atoms with Gasteiger partial charge in [0.1, 0.15) is 6.04 Å². The minimum absolute atomic E-state index is 0.350. The molecule has 1 saturated carbocycles. The summed E-state index contributed by atoms with van der Waals surface area (Å²) in [5, 5.41) is 9.68. The number of carbonyl (C=O) groups is 1. The van der Waals surface area contributed by atoms with Crippen LogP contribution in [0.4, 0.5) is 0 Å². The van der Waals surface area contributed by atoms with Crippen LogP contribution in [-0.4, -0.2) is 28.1 Å². The molecule has 21 heavy (non-hydrogen) atoms. The van der Waals surface area contributed by atoms with Crippen LogP contribution in [-0.2, 0) is 17.8 Å². The van der Waals surface area contributed by atoms with Crippen LogP contribution in [0.5, 0.6) is 0 Å². The fourth-order valence-electron chi connectivity index (χ4n) is 4.22. The summed E-state index contributed by atoms with van der Waals surface area (Å²) in [7, 11) is 0. The number of rotatable bonds is 3. The maximum atomic E-state index is 11.8. The largest absolute Gasteiger partial charge is 0.480 e. The lowest BCUT2D eigenvalue weighted by Crippen LogP contribution is -2.53. The number of carboxylic acid groups (broad SMARTS) is 1. The van der Waals surface area contributed by atoms with Gasteiger partial charge in [-0.15, -0.1) is 0 Å².